The molecule has 8 nitrogen and oxygen atoms in total. The molecule has 1 atom stereocenters. The normalized spacial score (nSPS) is 11.6. The molecule has 5 rings (SSSR count). The Kier molecular flexibility index (Phi) is 11.0. The smallest absolute Gasteiger partial charge is 0.272 e. The Morgan fingerprint density at radius 2 is 1.52 bits per heavy atom. The molecule has 230 valence electrons. The van der Waals surface area contributed by atoms with Crippen molar-refractivity contribution in [2.75, 3.05) is 17.2 Å². The Bertz CT molecular complexity index is 1800. The largest absolute Gasteiger partial charge is 0.494 e. The van der Waals surface area contributed by atoms with Crippen molar-refractivity contribution in [1.82, 2.24) is 10.3 Å². The van der Waals surface area contributed by atoms with Gasteiger partial charge in [0.05, 0.1) is 6.61 Å². The van der Waals surface area contributed by atoms with Crippen LogP contribution in [-0.2, 0) is 9.59 Å². The lowest BCUT2D eigenvalue weighted by molar-refractivity contribution is -0.116. The van der Waals surface area contributed by atoms with E-state index in [1.807, 2.05) is 61.5 Å². The van der Waals surface area contributed by atoms with Gasteiger partial charge in [-0.2, -0.15) is 0 Å². The highest BCUT2D eigenvalue weighted by Gasteiger charge is 2.23. The van der Waals surface area contributed by atoms with E-state index >= 15 is 0 Å². The fourth-order valence-corrected chi connectivity index (χ4v) is 5.53. The van der Waals surface area contributed by atoms with Crippen LogP contribution in [0.1, 0.15) is 33.7 Å². The summed E-state index contributed by atoms with van der Waals surface area (Å²) in [6.45, 7) is 2.44. The monoisotopic (exact) mass is 628 g/mol. The number of carbonyl (C=O) groups excluding carboxylic acids is 3. The van der Waals surface area contributed by atoms with E-state index in [1.54, 1.807) is 85.1 Å². The SMILES string of the molecule is CCOc1ccc(/C=C(/NC(=O)c2ccccc2)C(=O)Nc2cccc(SC(C(=O)Nc3ccccn3)c3ccccc3)c2)cc1. The third-order valence-corrected chi connectivity index (χ3v) is 7.88. The lowest BCUT2D eigenvalue weighted by atomic mass is 10.1. The van der Waals surface area contributed by atoms with E-state index in [0.29, 0.717) is 35.0 Å². The molecule has 0 bridgehead atoms. The summed E-state index contributed by atoms with van der Waals surface area (Å²) in [5.74, 6) is 0.0125. The van der Waals surface area contributed by atoms with Crippen molar-refractivity contribution in [2.45, 2.75) is 17.1 Å². The first kappa shape index (κ1) is 31.7. The Balaban J connectivity index is 1.37. The maximum atomic E-state index is 13.6. The minimum atomic E-state index is -0.588. The molecule has 0 spiro atoms. The lowest BCUT2D eigenvalue weighted by Gasteiger charge is -2.17. The number of hydrogen-bond donors (Lipinski definition) is 3. The van der Waals surface area contributed by atoms with Crippen LogP contribution in [0.3, 0.4) is 0 Å². The molecule has 0 radical (unpaired) electrons. The first-order valence-electron chi connectivity index (χ1n) is 14.6. The Hall–Kier alpha value is -5.67. The molecule has 0 aliphatic rings. The Labute approximate surface area is 271 Å². The van der Waals surface area contributed by atoms with Crippen LogP contribution in [-0.4, -0.2) is 29.3 Å². The molecule has 0 aliphatic carbocycles. The summed E-state index contributed by atoms with van der Waals surface area (Å²) in [7, 11) is 0. The summed E-state index contributed by atoms with van der Waals surface area (Å²) in [6.07, 6.45) is 3.23. The third kappa shape index (κ3) is 8.93. The zero-order valence-corrected chi connectivity index (χ0v) is 25.9. The average Bonchev–Trinajstić information content (AvgIpc) is 3.09. The molecular weight excluding hydrogens is 596 g/mol. The van der Waals surface area contributed by atoms with Crippen molar-refractivity contribution in [2.24, 2.45) is 0 Å². The number of ether oxygens (including phenoxy) is 1. The van der Waals surface area contributed by atoms with Crippen LogP contribution in [0.2, 0.25) is 0 Å². The van der Waals surface area contributed by atoms with Gasteiger partial charge in [-0.3, -0.25) is 14.4 Å². The Morgan fingerprint density at radius 1 is 0.804 bits per heavy atom. The minimum Gasteiger partial charge on any atom is -0.494 e. The molecule has 1 unspecified atom stereocenters. The number of nitrogens with zero attached hydrogens (tertiary/aromatic N) is 1. The number of benzene rings is 4. The number of nitrogens with one attached hydrogen (secondary N) is 3. The summed E-state index contributed by atoms with van der Waals surface area (Å²) in [5.41, 5.74) is 2.50. The van der Waals surface area contributed by atoms with Gasteiger partial charge in [0, 0.05) is 22.3 Å². The zero-order chi connectivity index (χ0) is 32.1. The van der Waals surface area contributed by atoms with Crippen LogP contribution in [0.5, 0.6) is 5.75 Å². The first-order chi connectivity index (χ1) is 22.5. The molecule has 3 amide bonds. The van der Waals surface area contributed by atoms with E-state index in [-0.39, 0.29) is 11.6 Å². The summed E-state index contributed by atoms with van der Waals surface area (Å²) >= 11 is 1.35. The van der Waals surface area contributed by atoms with Crippen molar-refractivity contribution in [3.63, 3.8) is 0 Å². The van der Waals surface area contributed by atoms with E-state index in [0.717, 1.165) is 10.5 Å². The van der Waals surface area contributed by atoms with Gasteiger partial charge in [-0.1, -0.05) is 72.8 Å². The minimum absolute atomic E-state index is 0.0629. The number of hydrogen-bond acceptors (Lipinski definition) is 6. The van der Waals surface area contributed by atoms with Gasteiger partial charge in [-0.25, -0.2) is 4.98 Å². The molecule has 0 saturated heterocycles. The summed E-state index contributed by atoms with van der Waals surface area (Å²) < 4.78 is 5.53. The fraction of sp³-hybridized carbons (Fsp3) is 0.0811. The molecule has 1 heterocycles. The molecule has 0 saturated carbocycles. The van der Waals surface area contributed by atoms with Gasteiger partial charge in [0.2, 0.25) is 5.91 Å². The number of amides is 3. The van der Waals surface area contributed by atoms with Crippen molar-refractivity contribution in [1.29, 1.82) is 0 Å². The van der Waals surface area contributed by atoms with Crippen LogP contribution < -0.4 is 20.7 Å². The van der Waals surface area contributed by atoms with Crippen molar-refractivity contribution in [3.8, 4) is 5.75 Å². The molecule has 4 aromatic carbocycles. The van der Waals surface area contributed by atoms with E-state index in [2.05, 4.69) is 20.9 Å². The van der Waals surface area contributed by atoms with E-state index in [1.165, 1.54) is 11.8 Å². The summed E-state index contributed by atoms with van der Waals surface area (Å²) in [4.78, 5) is 45.1. The van der Waals surface area contributed by atoms with Crippen LogP contribution in [0.15, 0.2) is 144 Å². The number of carbonyl (C=O) groups is 3. The highest BCUT2D eigenvalue weighted by molar-refractivity contribution is 8.00. The molecular formula is C37H32N4O4S. The molecule has 9 heteroatoms. The number of aromatic nitrogens is 1. The van der Waals surface area contributed by atoms with E-state index in [4.69, 9.17) is 4.74 Å². The second kappa shape index (κ2) is 15.9. The molecule has 5 aromatic rings. The van der Waals surface area contributed by atoms with Gasteiger partial charge >= 0.3 is 0 Å². The van der Waals surface area contributed by atoms with Crippen molar-refractivity contribution < 1.29 is 19.1 Å². The van der Waals surface area contributed by atoms with E-state index in [9.17, 15) is 14.4 Å². The number of pyridine rings is 1. The van der Waals surface area contributed by atoms with Gasteiger partial charge in [-0.05, 0) is 78.7 Å². The predicted octanol–water partition coefficient (Wildman–Crippen LogP) is 7.36. The summed E-state index contributed by atoms with van der Waals surface area (Å²) in [6, 6.07) is 37.9. The second-order valence-corrected chi connectivity index (χ2v) is 11.2. The van der Waals surface area contributed by atoms with Gasteiger partial charge in [-0.15, -0.1) is 11.8 Å². The number of thioether (sulfide) groups is 1. The van der Waals surface area contributed by atoms with Gasteiger partial charge in [0.1, 0.15) is 22.5 Å². The number of rotatable bonds is 12. The zero-order valence-electron chi connectivity index (χ0n) is 25.1. The van der Waals surface area contributed by atoms with Crippen LogP contribution >= 0.6 is 11.8 Å². The standard InChI is InChI=1S/C37H32N4O4S/c1-2-45-30-21-19-26(20-22-30)24-32(40-35(42)28-14-7-4-8-15-28)36(43)39-29-16-11-17-31(25-29)46-34(27-12-5-3-6-13-27)37(44)41-33-18-9-10-23-38-33/h3-25,34H,2H2,1H3,(H,39,43)(H,40,42)(H,38,41,44)/b32-24+. The molecule has 3 N–H and O–H groups in total. The average molecular weight is 629 g/mol. The van der Waals surface area contributed by atoms with Crippen LogP contribution in [0, 0.1) is 0 Å². The quantitative estimate of drug-likeness (QED) is 0.0984. The summed E-state index contributed by atoms with van der Waals surface area (Å²) in [5, 5.41) is 7.97. The van der Waals surface area contributed by atoms with Crippen molar-refractivity contribution in [3.05, 3.63) is 156 Å². The second-order valence-electron chi connectivity index (χ2n) is 9.97. The van der Waals surface area contributed by atoms with Crippen molar-refractivity contribution >= 4 is 47.1 Å². The van der Waals surface area contributed by atoms with Gasteiger partial charge < -0.3 is 20.7 Å². The Morgan fingerprint density at radius 3 is 2.22 bits per heavy atom. The molecule has 0 fully saturated rings. The molecule has 1 aromatic heterocycles. The first-order valence-corrected chi connectivity index (χ1v) is 15.5. The maximum absolute atomic E-state index is 13.6. The molecule has 0 aliphatic heterocycles. The third-order valence-electron chi connectivity index (χ3n) is 6.63. The predicted molar refractivity (Wildman–Crippen MR) is 182 cm³/mol. The number of anilines is 2. The highest BCUT2D eigenvalue weighted by atomic mass is 32.2. The van der Waals surface area contributed by atoms with E-state index < -0.39 is 17.1 Å². The van der Waals surface area contributed by atoms with Gasteiger partial charge in [0.25, 0.3) is 11.8 Å². The van der Waals surface area contributed by atoms with Crippen LogP contribution in [0.25, 0.3) is 6.08 Å². The lowest BCUT2D eigenvalue weighted by Crippen LogP contribution is -2.30. The van der Waals surface area contributed by atoms with Gasteiger partial charge in [0.15, 0.2) is 0 Å². The molecule has 46 heavy (non-hydrogen) atoms. The topological polar surface area (TPSA) is 109 Å². The fourth-order valence-electron chi connectivity index (χ4n) is 4.45. The maximum Gasteiger partial charge on any atom is 0.272 e. The highest BCUT2D eigenvalue weighted by Crippen LogP contribution is 2.37. The van der Waals surface area contributed by atoms with Crippen LogP contribution in [0.4, 0.5) is 11.5 Å².